The molecule has 4 N–H and O–H groups in total. The molecule has 4 rings (SSSR count). The van der Waals surface area contributed by atoms with Crippen molar-refractivity contribution in [3.8, 4) is 0 Å². The van der Waals surface area contributed by atoms with Crippen molar-refractivity contribution in [2.75, 3.05) is 30.3 Å². The van der Waals surface area contributed by atoms with Crippen LogP contribution in [0.1, 0.15) is 72.3 Å². The minimum Gasteiger partial charge on any atom is -0.444 e. The maximum absolute atomic E-state index is 12.9. The summed E-state index contributed by atoms with van der Waals surface area (Å²) in [6.45, 7) is 12.1. The van der Waals surface area contributed by atoms with Crippen LogP contribution in [0, 0.1) is 5.41 Å². The fourth-order valence-corrected chi connectivity index (χ4v) is 7.64. The number of pyridine rings is 1. The number of piperidine rings is 1. The van der Waals surface area contributed by atoms with E-state index in [0.717, 1.165) is 23.5 Å². The number of nitrogens with zero attached hydrogens (tertiary/aromatic N) is 2. The van der Waals surface area contributed by atoms with Gasteiger partial charge in [0.2, 0.25) is 0 Å². The number of aromatic amines is 1. The number of carbonyl (C=O) groups excluding carboxylic acids is 1. The minimum absolute atomic E-state index is 0.0140. The number of aromatic nitrogens is 1. The molecule has 1 aromatic heterocycles. The zero-order chi connectivity index (χ0) is 29.1. The number of amides is 1. The number of likely N-dealkylation sites (tertiary alicyclic amines) is 1. The molecule has 9 nitrogen and oxygen atoms in total. The van der Waals surface area contributed by atoms with Crippen LogP contribution >= 0.6 is 0 Å². The van der Waals surface area contributed by atoms with E-state index < -0.39 is 5.60 Å². The lowest BCUT2D eigenvalue weighted by molar-refractivity contribution is 0.0176. The number of nitrogens with one attached hydrogen (secondary N) is 4. The monoisotopic (exact) mass is 586 g/mol. The molecule has 218 valence electrons. The van der Waals surface area contributed by atoms with E-state index in [4.69, 9.17) is 21.3 Å². The SMILES string of the molecule is CCC1(Nc2cc[nH]c(=O)c2C(=N)Nc2ccc(S(=S)N3CCCC3C)cc2)CCN(C(=O)OC(C)(C)C)CC1. The van der Waals surface area contributed by atoms with Gasteiger partial charge in [-0.3, -0.25) is 10.2 Å². The van der Waals surface area contributed by atoms with E-state index in [9.17, 15) is 9.59 Å². The van der Waals surface area contributed by atoms with Gasteiger partial charge in [-0.1, -0.05) is 6.92 Å². The number of amidine groups is 1. The Balaban J connectivity index is 1.45. The number of anilines is 2. The third-order valence-corrected chi connectivity index (χ3v) is 10.5. The van der Waals surface area contributed by atoms with Gasteiger partial charge >= 0.3 is 6.09 Å². The Morgan fingerprint density at radius 3 is 2.45 bits per heavy atom. The van der Waals surface area contributed by atoms with Crippen LogP contribution in [0.15, 0.2) is 46.2 Å². The van der Waals surface area contributed by atoms with Crippen LogP contribution in [0.2, 0.25) is 0 Å². The second-order valence-electron chi connectivity index (χ2n) is 11.7. The number of rotatable bonds is 7. The van der Waals surface area contributed by atoms with Crippen LogP contribution in [-0.2, 0) is 25.6 Å². The van der Waals surface area contributed by atoms with Crippen molar-refractivity contribution in [1.29, 1.82) is 5.41 Å². The van der Waals surface area contributed by atoms with Crippen molar-refractivity contribution in [3.05, 3.63) is 52.4 Å². The fourth-order valence-electron chi connectivity index (χ4n) is 5.28. The van der Waals surface area contributed by atoms with Gasteiger partial charge in [0.1, 0.15) is 17.0 Å². The molecule has 0 aliphatic carbocycles. The van der Waals surface area contributed by atoms with Crippen molar-refractivity contribution >= 4 is 44.1 Å². The first-order valence-corrected chi connectivity index (χ1v) is 16.1. The summed E-state index contributed by atoms with van der Waals surface area (Å²) in [5.41, 5.74) is 0.382. The van der Waals surface area contributed by atoms with Gasteiger partial charge < -0.3 is 25.3 Å². The molecule has 0 bridgehead atoms. The first kappa shape index (κ1) is 30.2. The number of hydrogen-bond acceptors (Lipinski definition) is 6. The molecule has 2 fully saturated rings. The van der Waals surface area contributed by atoms with Gasteiger partial charge in [-0.25, -0.2) is 9.10 Å². The highest BCUT2D eigenvalue weighted by Gasteiger charge is 2.36. The molecule has 2 aliphatic heterocycles. The largest absolute Gasteiger partial charge is 0.444 e. The lowest BCUT2D eigenvalue weighted by atomic mass is 9.84. The Labute approximate surface area is 244 Å². The quantitative estimate of drug-likeness (QED) is 0.259. The summed E-state index contributed by atoms with van der Waals surface area (Å²) in [6, 6.07) is 10.2. The van der Waals surface area contributed by atoms with Gasteiger partial charge in [0.15, 0.2) is 0 Å². The second kappa shape index (κ2) is 12.4. The molecule has 0 spiro atoms. The summed E-state index contributed by atoms with van der Waals surface area (Å²) >= 11 is 5.84. The van der Waals surface area contributed by atoms with Crippen molar-refractivity contribution < 1.29 is 9.53 Å². The molecular formula is C29H42N6O3S2. The van der Waals surface area contributed by atoms with Gasteiger partial charge in [0.25, 0.3) is 5.56 Å². The smallest absolute Gasteiger partial charge is 0.410 e. The standard InChI is InChI=1S/C29H42N6O3S2/c1-6-29(14-18-34(19-15-29)27(37)38-28(3,4)5)33-23-13-16-31-26(36)24(23)25(30)32-21-9-11-22(12-10-21)40(39)35-17-7-8-20(35)2/h9-13,16,20H,6-8,14-15,17-19H2,1-5H3,(H2,30,32)(H2,31,33,36). The molecule has 3 heterocycles. The molecule has 2 saturated heterocycles. The molecule has 2 aliphatic rings. The van der Waals surface area contributed by atoms with Crippen LogP contribution in [-0.4, -0.2) is 62.9 Å². The van der Waals surface area contributed by atoms with Crippen molar-refractivity contribution in [2.24, 2.45) is 0 Å². The summed E-state index contributed by atoms with van der Waals surface area (Å²) < 4.78 is 7.93. The average Bonchev–Trinajstić information content (AvgIpc) is 3.33. The van der Waals surface area contributed by atoms with Gasteiger partial charge in [-0.05, 0) is 111 Å². The van der Waals surface area contributed by atoms with Crippen molar-refractivity contribution in [2.45, 2.75) is 88.8 Å². The second-order valence-corrected chi connectivity index (χ2v) is 14.1. The molecule has 2 aromatic rings. The van der Waals surface area contributed by atoms with Gasteiger partial charge in [-0.15, -0.1) is 0 Å². The molecule has 40 heavy (non-hydrogen) atoms. The molecule has 0 radical (unpaired) electrons. The van der Waals surface area contributed by atoms with E-state index >= 15 is 0 Å². The molecule has 1 amide bonds. The minimum atomic E-state index is -0.540. The van der Waals surface area contributed by atoms with Gasteiger partial charge in [0, 0.05) is 48.0 Å². The Bertz CT molecular complexity index is 1300. The number of hydrogen-bond donors (Lipinski definition) is 4. The van der Waals surface area contributed by atoms with Gasteiger partial charge in [-0.2, -0.15) is 0 Å². The Kier molecular flexibility index (Phi) is 9.36. The maximum Gasteiger partial charge on any atom is 0.410 e. The predicted octanol–water partition coefficient (Wildman–Crippen LogP) is 5.24. The van der Waals surface area contributed by atoms with E-state index in [0.29, 0.717) is 37.7 Å². The Morgan fingerprint density at radius 1 is 1.20 bits per heavy atom. The molecule has 11 heteroatoms. The summed E-state index contributed by atoms with van der Waals surface area (Å²) in [5.74, 6) is 0.0140. The third-order valence-electron chi connectivity index (χ3n) is 7.69. The van der Waals surface area contributed by atoms with E-state index in [1.165, 1.54) is 12.8 Å². The van der Waals surface area contributed by atoms with Crippen LogP contribution in [0.25, 0.3) is 0 Å². The predicted molar refractivity (Wildman–Crippen MR) is 166 cm³/mol. The molecule has 2 atom stereocenters. The third kappa shape index (κ3) is 7.11. The Morgan fingerprint density at radius 2 is 1.88 bits per heavy atom. The first-order valence-electron chi connectivity index (χ1n) is 14.0. The zero-order valence-electron chi connectivity index (χ0n) is 24.1. The van der Waals surface area contributed by atoms with E-state index in [1.807, 2.05) is 45.0 Å². The molecular weight excluding hydrogens is 544 g/mol. The normalized spacial score (nSPS) is 20.1. The Hall–Kier alpha value is -2.76. The van der Waals surface area contributed by atoms with Gasteiger partial charge in [0.05, 0.1) is 5.69 Å². The number of benzene rings is 1. The summed E-state index contributed by atoms with van der Waals surface area (Å²) in [6.07, 6.45) is 5.87. The summed E-state index contributed by atoms with van der Waals surface area (Å²) in [4.78, 5) is 31.0. The van der Waals surface area contributed by atoms with Crippen molar-refractivity contribution in [1.82, 2.24) is 14.2 Å². The van der Waals surface area contributed by atoms with Crippen molar-refractivity contribution in [3.63, 3.8) is 0 Å². The molecule has 2 unspecified atom stereocenters. The lowest BCUT2D eigenvalue weighted by Gasteiger charge is -2.43. The molecule has 1 aromatic carbocycles. The zero-order valence-corrected chi connectivity index (χ0v) is 25.8. The number of carbonyl (C=O) groups is 1. The van der Waals surface area contributed by atoms with E-state index in [1.54, 1.807) is 17.2 Å². The molecule has 0 saturated carbocycles. The van der Waals surface area contributed by atoms with E-state index in [-0.39, 0.29) is 38.2 Å². The topological polar surface area (TPSA) is 114 Å². The number of ether oxygens (including phenoxy) is 1. The summed E-state index contributed by atoms with van der Waals surface area (Å²) in [5, 5.41) is 15.5. The van der Waals surface area contributed by atoms with Crippen LogP contribution < -0.4 is 16.2 Å². The average molecular weight is 587 g/mol. The maximum atomic E-state index is 12.9. The van der Waals surface area contributed by atoms with E-state index in [2.05, 4.69) is 33.8 Å². The first-order chi connectivity index (χ1) is 18.9. The lowest BCUT2D eigenvalue weighted by Crippen LogP contribution is -2.51. The van der Waals surface area contributed by atoms with Crippen LogP contribution in [0.4, 0.5) is 16.2 Å². The van der Waals surface area contributed by atoms with Crippen LogP contribution in [0.5, 0.6) is 0 Å². The number of H-pyrrole nitrogens is 1. The summed E-state index contributed by atoms with van der Waals surface area (Å²) in [7, 11) is -0.386. The van der Waals surface area contributed by atoms with Crippen LogP contribution in [0.3, 0.4) is 0 Å². The highest BCUT2D eigenvalue weighted by atomic mass is 32.8. The highest BCUT2D eigenvalue weighted by molar-refractivity contribution is 8.27. The highest BCUT2D eigenvalue weighted by Crippen LogP contribution is 2.32. The fraction of sp³-hybridized carbons (Fsp3) is 0.552.